The molecule has 0 bridgehead atoms. The van der Waals surface area contributed by atoms with Gasteiger partial charge in [-0.25, -0.2) is 36.3 Å². The predicted molar refractivity (Wildman–Crippen MR) is 214 cm³/mol. The summed E-state index contributed by atoms with van der Waals surface area (Å²) in [6.45, 7) is 4.36. The zero-order chi connectivity index (χ0) is 45.3. The second-order valence-electron chi connectivity index (χ2n) is 14.2. The summed E-state index contributed by atoms with van der Waals surface area (Å²) in [5, 5.41) is 0. The Labute approximate surface area is 350 Å². The predicted octanol–water partition coefficient (Wildman–Crippen LogP) is 4.46. The van der Waals surface area contributed by atoms with E-state index in [2.05, 4.69) is 11.6 Å². The van der Waals surface area contributed by atoms with E-state index in [1.54, 1.807) is 17.0 Å². The highest BCUT2D eigenvalue weighted by molar-refractivity contribution is 7.50. The first-order chi connectivity index (χ1) is 29.1. The summed E-state index contributed by atoms with van der Waals surface area (Å²) in [5.74, 6) is -5.08. The number of halogens is 4. The van der Waals surface area contributed by atoms with Crippen molar-refractivity contribution >= 4 is 67.8 Å². The fraction of sp³-hybridized carbons (Fsp3) is 0.324. The lowest BCUT2D eigenvalue weighted by Crippen LogP contribution is -2.36. The summed E-state index contributed by atoms with van der Waals surface area (Å²) < 4.78 is 94.0. The highest BCUT2D eigenvalue weighted by Gasteiger charge is 2.41. The van der Waals surface area contributed by atoms with Gasteiger partial charge in [0.05, 0.1) is 49.8 Å². The SMILES string of the molecule is C=C(C)N(C[C@H]1CN(c2ccc(N3C=CC(=O)CC3)c(F)c2)C(=O)O1)P(=O)(O)O.O=C1C=CN(c2c(F)cc(N3C[C@H](CN(C4=NCC=C4)P(=O)(O)O)OC3=O)c(F)c2F)CC1. The van der Waals surface area contributed by atoms with E-state index >= 15 is 0 Å². The van der Waals surface area contributed by atoms with Gasteiger partial charge in [0.1, 0.15) is 29.5 Å². The molecule has 0 saturated carbocycles. The van der Waals surface area contributed by atoms with Crippen LogP contribution in [0.25, 0.3) is 0 Å². The van der Waals surface area contributed by atoms with Crippen LogP contribution in [0.3, 0.4) is 0 Å². The van der Waals surface area contributed by atoms with E-state index in [0.717, 1.165) is 21.8 Å². The van der Waals surface area contributed by atoms with Gasteiger partial charge in [-0.05, 0) is 43.4 Å². The number of carbonyl (C=O) groups excluding carboxylic acids is 4. The molecule has 2 aromatic carbocycles. The molecule has 0 aliphatic carbocycles. The van der Waals surface area contributed by atoms with Crippen LogP contribution < -0.4 is 19.6 Å². The molecule has 5 heterocycles. The summed E-state index contributed by atoms with van der Waals surface area (Å²) in [7, 11) is -9.43. The van der Waals surface area contributed by atoms with Crippen molar-refractivity contribution in [2.75, 3.05) is 65.4 Å². The number of amidine groups is 1. The number of benzene rings is 2. The van der Waals surface area contributed by atoms with Gasteiger partial charge < -0.3 is 38.8 Å². The van der Waals surface area contributed by atoms with Crippen molar-refractivity contribution < 1.29 is 74.9 Å². The molecule has 0 spiro atoms. The monoisotopic (exact) mass is 911 g/mol. The van der Waals surface area contributed by atoms with E-state index in [-0.39, 0.29) is 73.5 Å². The van der Waals surface area contributed by atoms with E-state index in [4.69, 9.17) is 9.47 Å². The van der Waals surface area contributed by atoms with Crippen LogP contribution in [0.2, 0.25) is 0 Å². The van der Waals surface area contributed by atoms with Gasteiger partial charge in [0, 0.05) is 50.1 Å². The maximum absolute atomic E-state index is 14.9. The van der Waals surface area contributed by atoms with E-state index in [1.807, 2.05) is 0 Å². The highest BCUT2D eigenvalue weighted by Crippen LogP contribution is 2.44. The fourth-order valence-corrected chi connectivity index (χ4v) is 8.44. The number of ether oxygens (including phenoxy) is 2. The summed E-state index contributed by atoms with van der Waals surface area (Å²) in [4.78, 5) is 93.6. The molecule has 25 heteroatoms. The van der Waals surface area contributed by atoms with Gasteiger partial charge in [-0.2, -0.15) is 0 Å². The van der Waals surface area contributed by atoms with Crippen LogP contribution >= 0.6 is 15.5 Å². The summed E-state index contributed by atoms with van der Waals surface area (Å²) >= 11 is 0. The molecular formula is C37H39F4N7O12P2. The number of nitrogens with zero attached hydrogens (tertiary/aromatic N) is 7. The first kappa shape index (κ1) is 45.7. The smallest absolute Gasteiger partial charge is 0.431 e. The van der Waals surface area contributed by atoms with Crippen LogP contribution in [0.1, 0.15) is 19.8 Å². The zero-order valence-electron chi connectivity index (χ0n) is 32.6. The average Bonchev–Trinajstić information content (AvgIpc) is 3.95. The quantitative estimate of drug-likeness (QED) is 0.138. The van der Waals surface area contributed by atoms with Crippen LogP contribution in [0.5, 0.6) is 0 Å². The fourth-order valence-electron chi connectivity index (χ4n) is 6.81. The minimum Gasteiger partial charge on any atom is -0.442 e. The van der Waals surface area contributed by atoms with Gasteiger partial charge >= 0.3 is 27.7 Å². The lowest BCUT2D eigenvalue weighted by molar-refractivity contribution is -0.115. The minimum atomic E-state index is -4.83. The van der Waals surface area contributed by atoms with E-state index in [9.17, 15) is 65.4 Å². The second-order valence-corrected chi connectivity index (χ2v) is 17.2. The molecule has 2 fully saturated rings. The van der Waals surface area contributed by atoms with Gasteiger partial charge in [0.2, 0.25) is 0 Å². The molecule has 2 aromatic rings. The topological polar surface area (TPSA) is 234 Å². The first-order valence-electron chi connectivity index (χ1n) is 18.5. The lowest BCUT2D eigenvalue weighted by atomic mass is 10.1. The first-order valence-corrected chi connectivity index (χ1v) is 21.7. The van der Waals surface area contributed by atoms with Crippen LogP contribution in [0.4, 0.5) is 49.9 Å². The van der Waals surface area contributed by atoms with Crippen molar-refractivity contribution in [3.05, 3.63) is 96.5 Å². The Morgan fingerprint density at radius 1 is 0.790 bits per heavy atom. The molecule has 2 saturated heterocycles. The largest absolute Gasteiger partial charge is 0.442 e. The molecule has 7 rings (SSSR count). The molecule has 19 nitrogen and oxygen atoms in total. The Hall–Kier alpha value is -5.83. The summed E-state index contributed by atoms with van der Waals surface area (Å²) in [6.07, 6.45) is 4.55. The van der Waals surface area contributed by atoms with Gasteiger partial charge in [-0.3, -0.25) is 33.7 Å². The molecule has 0 unspecified atom stereocenters. The Bertz CT molecular complexity index is 2410. The van der Waals surface area contributed by atoms with Crippen molar-refractivity contribution in [3.63, 3.8) is 0 Å². The Morgan fingerprint density at radius 3 is 1.92 bits per heavy atom. The maximum atomic E-state index is 14.9. The number of anilines is 4. The van der Waals surface area contributed by atoms with Gasteiger partial charge in [0.15, 0.2) is 29.0 Å². The van der Waals surface area contributed by atoms with Crippen LogP contribution in [0.15, 0.2) is 78.2 Å². The molecule has 5 aliphatic rings. The Morgan fingerprint density at radius 2 is 1.39 bits per heavy atom. The molecule has 5 aliphatic heterocycles. The third-order valence-electron chi connectivity index (χ3n) is 9.79. The van der Waals surface area contributed by atoms with Crippen molar-refractivity contribution in [1.29, 1.82) is 0 Å². The number of rotatable bonds is 11. The number of carbonyl (C=O) groups is 4. The molecule has 332 valence electrons. The van der Waals surface area contributed by atoms with Gasteiger partial charge in [-0.15, -0.1) is 0 Å². The van der Waals surface area contributed by atoms with Gasteiger partial charge in [0.25, 0.3) is 0 Å². The Kier molecular flexibility index (Phi) is 13.5. The van der Waals surface area contributed by atoms with Crippen LogP contribution in [-0.4, -0.2) is 117 Å². The van der Waals surface area contributed by atoms with Crippen LogP contribution in [0, 0.1) is 23.3 Å². The number of allylic oxidation sites excluding steroid dienone is 3. The molecule has 62 heavy (non-hydrogen) atoms. The summed E-state index contributed by atoms with van der Waals surface area (Å²) in [6, 6.07) is 4.86. The minimum absolute atomic E-state index is 0.000477. The standard InChI is InChI=1S/C19H18F3N4O6P.C18H21FN3O6P/c20-13-8-14(16(21)17(22)18(13)24-6-3-11(27)4-7-24)25-9-12(32-19(25)28)10-26(33(29,30)31)15-2-1-5-23-15;1-12(2)22(29(25,26)27)11-15-10-21(18(24)28-15)13-3-4-17(16(19)9-13)20-7-5-14(23)6-8-20/h1-3,6,8,12H,4-5,7,9-10H2,(H2,29,30,31);3-5,7,9,15H,1,6,8,10-11H2,2H3,(H2,25,26,27)/t12-;15-/m11/s1. The molecule has 0 aromatic heterocycles. The van der Waals surface area contributed by atoms with Crippen molar-refractivity contribution in [2.24, 2.45) is 4.99 Å². The maximum Gasteiger partial charge on any atom is 0.431 e. The number of amides is 2. The molecule has 2 amide bonds. The average molecular weight is 912 g/mol. The third-order valence-corrected chi connectivity index (χ3v) is 11.9. The summed E-state index contributed by atoms with van der Waals surface area (Å²) in [5.41, 5.74) is -0.760. The molecule has 4 N–H and O–H groups in total. The van der Waals surface area contributed by atoms with E-state index in [1.165, 1.54) is 42.3 Å². The number of hydrogen-bond donors (Lipinski definition) is 4. The third kappa shape index (κ3) is 10.3. The lowest BCUT2D eigenvalue weighted by Gasteiger charge is -2.27. The number of hydrogen-bond acceptors (Lipinski definition) is 11. The Balaban J connectivity index is 0.000000209. The van der Waals surface area contributed by atoms with Crippen LogP contribution in [-0.2, 0) is 28.2 Å². The molecule has 0 radical (unpaired) electrons. The van der Waals surface area contributed by atoms with Crippen molar-refractivity contribution in [1.82, 2.24) is 9.34 Å². The normalized spacial score (nSPS) is 20.0. The molecular weight excluding hydrogens is 872 g/mol. The number of ketones is 2. The second kappa shape index (κ2) is 18.3. The van der Waals surface area contributed by atoms with Gasteiger partial charge in [-0.1, -0.05) is 12.7 Å². The zero-order valence-corrected chi connectivity index (χ0v) is 34.4. The molecule has 2 atom stereocenters. The van der Waals surface area contributed by atoms with Crippen molar-refractivity contribution in [2.45, 2.75) is 32.0 Å². The number of cyclic esters (lactones) is 2. The van der Waals surface area contributed by atoms with E-state index in [0.29, 0.717) is 22.2 Å². The highest BCUT2D eigenvalue weighted by atomic mass is 31.2. The number of aliphatic imine (C=N–C) groups is 1. The van der Waals surface area contributed by atoms with E-state index < -0.39 is 87.6 Å². The van der Waals surface area contributed by atoms with Crippen molar-refractivity contribution in [3.8, 4) is 0 Å².